The average molecular weight is 422 g/mol. The molecule has 2 aromatic carbocycles. The number of carbonyl (C=O) groups is 1. The fourth-order valence-electron chi connectivity index (χ4n) is 3.19. The summed E-state index contributed by atoms with van der Waals surface area (Å²) >= 11 is 0. The van der Waals surface area contributed by atoms with Gasteiger partial charge in [-0.05, 0) is 43.2 Å². The van der Waals surface area contributed by atoms with Crippen molar-refractivity contribution < 1.29 is 27.3 Å². The second-order valence-corrected chi connectivity index (χ2v) is 8.59. The minimum absolute atomic E-state index is 0.0483. The molecule has 0 bridgehead atoms. The number of esters is 1. The second kappa shape index (κ2) is 8.66. The van der Waals surface area contributed by atoms with E-state index in [1.165, 1.54) is 34.6 Å². The zero-order valence-electron chi connectivity index (χ0n) is 15.4. The number of rotatable bonds is 6. The van der Waals surface area contributed by atoms with Crippen LogP contribution in [0.1, 0.15) is 18.4 Å². The van der Waals surface area contributed by atoms with Crippen molar-refractivity contribution in [3.8, 4) is 0 Å². The van der Waals surface area contributed by atoms with E-state index in [1.807, 2.05) is 0 Å². The van der Waals surface area contributed by atoms with Crippen LogP contribution in [-0.4, -0.2) is 36.7 Å². The lowest BCUT2D eigenvalue weighted by atomic mass is 10.00. The summed E-state index contributed by atoms with van der Waals surface area (Å²) in [5.41, 5.74) is 0.113. The predicted molar refractivity (Wildman–Crippen MR) is 101 cm³/mol. The van der Waals surface area contributed by atoms with Crippen LogP contribution in [0.15, 0.2) is 53.4 Å². The number of hydrogen-bond donors (Lipinski definition) is 0. The summed E-state index contributed by atoms with van der Waals surface area (Å²) in [4.78, 5) is 22.9. The molecule has 8 nitrogen and oxygen atoms in total. The molecule has 154 valence electrons. The van der Waals surface area contributed by atoms with Crippen LogP contribution in [0.4, 0.5) is 10.1 Å². The van der Waals surface area contributed by atoms with Crippen LogP contribution in [0.5, 0.6) is 0 Å². The van der Waals surface area contributed by atoms with Gasteiger partial charge >= 0.3 is 5.97 Å². The zero-order chi connectivity index (χ0) is 21.0. The van der Waals surface area contributed by atoms with Crippen molar-refractivity contribution in [2.24, 2.45) is 5.92 Å². The van der Waals surface area contributed by atoms with Crippen LogP contribution in [0, 0.1) is 21.8 Å². The van der Waals surface area contributed by atoms with Gasteiger partial charge in [-0.15, -0.1) is 0 Å². The Bertz CT molecular complexity index is 1010. The van der Waals surface area contributed by atoms with E-state index >= 15 is 0 Å². The number of sulfonamides is 1. The first-order chi connectivity index (χ1) is 13.8. The summed E-state index contributed by atoms with van der Waals surface area (Å²) in [5.74, 6) is -1.83. The smallest absolute Gasteiger partial charge is 0.310 e. The van der Waals surface area contributed by atoms with Crippen LogP contribution in [-0.2, 0) is 26.2 Å². The van der Waals surface area contributed by atoms with Gasteiger partial charge in [-0.1, -0.05) is 12.1 Å². The number of nitro groups is 1. The third-order valence-electron chi connectivity index (χ3n) is 4.73. The maximum absolute atomic E-state index is 13.1. The van der Waals surface area contributed by atoms with Crippen LogP contribution in [0.3, 0.4) is 0 Å². The highest BCUT2D eigenvalue weighted by molar-refractivity contribution is 7.89. The Labute approximate surface area is 167 Å². The molecule has 1 heterocycles. The molecule has 1 atom stereocenters. The van der Waals surface area contributed by atoms with Crippen molar-refractivity contribution in [1.82, 2.24) is 4.31 Å². The fraction of sp³-hybridized carbons (Fsp3) is 0.316. The summed E-state index contributed by atoms with van der Waals surface area (Å²) in [5, 5.41) is 11.0. The molecule has 0 aromatic heterocycles. The van der Waals surface area contributed by atoms with Gasteiger partial charge in [0.1, 0.15) is 12.4 Å². The maximum atomic E-state index is 13.1. The van der Waals surface area contributed by atoms with Gasteiger partial charge in [0, 0.05) is 19.2 Å². The highest BCUT2D eigenvalue weighted by atomic mass is 32.2. The molecular formula is C19H19FN2O6S. The highest BCUT2D eigenvalue weighted by Gasteiger charge is 2.34. The Balaban J connectivity index is 1.67. The van der Waals surface area contributed by atoms with Crippen molar-refractivity contribution in [2.45, 2.75) is 24.3 Å². The molecule has 1 aliphatic rings. The molecule has 1 saturated heterocycles. The quantitative estimate of drug-likeness (QED) is 0.403. The average Bonchev–Trinajstić information content (AvgIpc) is 2.72. The summed E-state index contributed by atoms with van der Waals surface area (Å²) in [7, 11) is -3.86. The molecule has 3 rings (SSSR count). The molecular weight excluding hydrogens is 403 g/mol. The van der Waals surface area contributed by atoms with E-state index in [4.69, 9.17) is 4.74 Å². The molecule has 0 spiro atoms. The second-order valence-electron chi connectivity index (χ2n) is 6.65. The van der Waals surface area contributed by atoms with E-state index in [9.17, 15) is 27.7 Å². The first-order valence-electron chi connectivity index (χ1n) is 8.93. The molecule has 1 unspecified atom stereocenters. The predicted octanol–water partition coefficient (Wildman–Crippen LogP) is 2.88. The van der Waals surface area contributed by atoms with Crippen LogP contribution in [0.2, 0.25) is 0 Å². The van der Waals surface area contributed by atoms with Crippen LogP contribution >= 0.6 is 0 Å². The van der Waals surface area contributed by atoms with Gasteiger partial charge in [-0.25, -0.2) is 12.8 Å². The summed E-state index contributed by atoms with van der Waals surface area (Å²) < 4.78 is 45.0. The number of halogens is 1. The standard InChI is InChI=1S/C19H19FN2O6S/c20-16-7-9-17(10-8-16)29(26,27)21-11-3-5-14(12-21)19(23)28-13-15-4-1-2-6-18(15)22(24)25/h1-2,4,6-10,14H,3,5,11-13H2. The first kappa shape index (κ1) is 20.9. The number of nitrogens with zero attached hydrogens (tertiary/aromatic N) is 2. The van der Waals surface area contributed by atoms with Gasteiger partial charge in [0.05, 0.1) is 21.3 Å². The monoisotopic (exact) mass is 422 g/mol. The number of hydrogen-bond acceptors (Lipinski definition) is 6. The Hall–Kier alpha value is -2.85. The highest BCUT2D eigenvalue weighted by Crippen LogP contribution is 2.26. The van der Waals surface area contributed by atoms with Crippen molar-refractivity contribution in [3.05, 3.63) is 70.0 Å². The summed E-state index contributed by atoms with van der Waals surface area (Å²) in [6, 6.07) is 10.4. The van der Waals surface area contributed by atoms with Crippen molar-refractivity contribution in [1.29, 1.82) is 0 Å². The molecule has 0 saturated carbocycles. The SMILES string of the molecule is O=C(OCc1ccccc1[N+](=O)[O-])C1CCCN(S(=O)(=O)c2ccc(F)cc2)C1. The lowest BCUT2D eigenvalue weighted by molar-refractivity contribution is -0.385. The molecule has 0 N–H and O–H groups in total. The fourth-order valence-corrected chi connectivity index (χ4v) is 4.71. The third kappa shape index (κ3) is 4.77. The van der Waals surface area contributed by atoms with Gasteiger partial charge in [-0.2, -0.15) is 4.31 Å². The van der Waals surface area contributed by atoms with Crippen molar-refractivity contribution >= 4 is 21.7 Å². The lowest BCUT2D eigenvalue weighted by Gasteiger charge is -2.30. The Kier molecular flexibility index (Phi) is 6.23. The molecule has 2 aromatic rings. The van der Waals surface area contributed by atoms with Gasteiger partial charge in [-0.3, -0.25) is 14.9 Å². The van der Waals surface area contributed by atoms with E-state index < -0.39 is 32.7 Å². The minimum Gasteiger partial charge on any atom is -0.460 e. The van der Waals surface area contributed by atoms with Gasteiger partial charge in [0.15, 0.2) is 0 Å². The number of para-hydroxylation sites is 1. The first-order valence-corrected chi connectivity index (χ1v) is 10.4. The van der Waals surface area contributed by atoms with Crippen molar-refractivity contribution in [3.63, 3.8) is 0 Å². The molecule has 0 aliphatic carbocycles. The minimum atomic E-state index is -3.86. The molecule has 1 aliphatic heterocycles. The number of carbonyl (C=O) groups excluding carboxylic acids is 1. The molecule has 0 radical (unpaired) electrons. The molecule has 1 fully saturated rings. The molecule has 29 heavy (non-hydrogen) atoms. The van der Waals surface area contributed by atoms with Crippen LogP contribution < -0.4 is 0 Å². The van der Waals surface area contributed by atoms with E-state index in [2.05, 4.69) is 0 Å². The number of piperidine rings is 1. The Morgan fingerprint density at radius 3 is 2.59 bits per heavy atom. The largest absolute Gasteiger partial charge is 0.460 e. The van der Waals surface area contributed by atoms with E-state index in [-0.39, 0.29) is 35.8 Å². The van der Waals surface area contributed by atoms with Gasteiger partial charge < -0.3 is 4.74 Å². The number of nitro benzene ring substituents is 1. The lowest BCUT2D eigenvalue weighted by Crippen LogP contribution is -2.42. The van der Waals surface area contributed by atoms with E-state index in [0.717, 1.165) is 12.1 Å². The maximum Gasteiger partial charge on any atom is 0.310 e. The van der Waals surface area contributed by atoms with Gasteiger partial charge in [0.2, 0.25) is 10.0 Å². The number of benzene rings is 2. The molecule has 0 amide bonds. The zero-order valence-corrected chi connectivity index (χ0v) is 16.2. The topological polar surface area (TPSA) is 107 Å². The molecule has 10 heteroatoms. The third-order valence-corrected chi connectivity index (χ3v) is 6.61. The normalized spacial score (nSPS) is 17.6. The Morgan fingerprint density at radius 1 is 1.21 bits per heavy atom. The van der Waals surface area contributed by atoms with Gasteiger partial charge in [0.25, 0.3) is 5.69 Å². The van der Waals surface area contributed by atoms with Crippen molar-refractivity contribution in [2.75, 3.05) is 13.1 Å². The van der Waals surface area contributed by atoms with E-state index in [0.29, 0.717) is 12.8 Å². The summed E-state index contributed by atoms with van der Waals surface area (Å²) in [6.07, 6.45) is 0.914. The van der Waals surface area contributed by atoms with E-state index in [1.54, 1.807) is 6.07 Å². The summed E-state index contributed by atoms with van der Waals surface area (Å²) in [6.45, 7) is -0.0831. The van der Waals surface area contributed by atoms with Crippen LogP contribution in [0.25, 0.3) is 0 Å². The Morgan fingerprint density at radius 2 is 1.90 bits per heavy atom. The number of ether oxygens (including phenoxy) is 1.